The van der Waals surface area contributed by atoms with E-state index in [0.717, 1.165) is 48.9 Å². The van der Waals surface area contributed by atoms with Crippen molar-refractivity contribution in [2.24, 2.45) is 0 Å². The fourth-order valence-electron chi connectivity index (χ4n) is 3.39. The van der Waals surface area contributed by atoms with E-state index in [0.29, 0.717) is 11.5 Å². The third-order valence-corrected chi connectivity index (χ3v) is 11.7. The summed E-state index contributed by atoms with van der Waals surface area (Å²) in [7, 11) is -2.83. The molecule has 2 aromatic rings. The Hall–Kier alpha value is -1.57. The summed E-state index contributed by atoms with van der Waals surface area (Å²) in [6.45, 7) is 6.91. The average Bonchev–Trinajstić information content (AvgIpc) is 2.58. The number of rotatable bonds is 10. The average molecular weight is 389 g/mol. The number of phenolic OH excluding ortho intramolecular Hbond substituents is 2. The highest BCUT2D eigenvalue weighted by Crippen LogP contribution is 2.23. The molecule has 0 amide bonds. The number of phenols is 2. The van der Waals surface area contributed by atoms with Crippen LogP contribution >= 0.6 is 0 Å². The van der Waals surface area contributed by atoms with E-state index < -0.39 is 17.4 Å². The first-order chi connectivity index (χ1) is 12.4. The van der Waals surface area contributed by atoms with Crippen LogP contribution in [0.2, 0.25) is 31.7 Å². The summed E-state index contributed by atoms with van der Waals surface area (Å²) in [6.07, 6.45) is 3.97. The molecule has 0 saturated carbocycles. The molecule has 3 nitrogen and oxygen atoms in total. The lowest BCUT2D eigenvalue weighted by molar-refractivity contribution is 0.467. The van der Waals surface area contributed by atoms with Gasteiger partial charge in [0, 0.05) is 0 Å². The highest BCUT2D eigenvalue weighted by atomic mass is 28.4. The third-order valence-electron chi connectivity index (χ3n) is 4.79. The van der Waals surface area contributed by atoms with Gasteiger partial charge in [-0.05, 0) is 80.7 Å². The number of aryl methyl sites for hydroxylation is 2. The van der Waals surface area contributed by atoms with Gasteiger partial charge in [0.2, 0.25) is 0 Å². The molecule has 0 bridgehead atoms. The molecule has 0 spiro atoms. The summed E-state index contributed by atoms with van der Waals surface area (Å²) < 4.78 is 6.53. The molecule has 0 saturated heterocycles. The minimum atomic E-state index is -1.65. The molecule has 1 unspecified atom stereocenters. The Morgan fingerprint density at radius 2 is 1.35 bits per heavy atom. The lowest BCUT2D eigenvalue weighted by atomic mass is 10.1. The summed E-state index contributed by atoms with van der Waals surface area (Å²) in [4.78, 5) is 0. The van der Waals surface area contributed by atoms with Crippen LogP contribution in [0, 0.1) is 0 Å². The van der Waals surface area contributed by atoms with Gasteiger partial charge >= 0.3 is 0 Å². The second-order valence-electron chi connectivity index (χ2n) is 7.69. The normalized spacial score (nSPS) is 12.9. The van der Waals surface area contributed by atoms with Gasteiger partial charge in [-0.1, -0.05) is 36.4 Å². The lowest BCUT2D eigenvalue weighted by Gasteiger charge is -2.27. The van der Waals surface area contributed by atoms with Crippen molar-refractivity contribution in [2.75, 3.05) is 0 Å². The molecule has 5 heteroatoms. The van der Waals surface area contributed by atoms with Crippen LogP contribution in [0.4, 0.5) is 0 Å². The summed E-state index contributed by atoms with van der Waals surface area (Å²) in [5.41, 5.74) is 2.07. The van der Waals surface area contributed by atoms with Crippen molar-refractivity contribution >= 4 is 17.4 Å². The second-order valence-corrected chi connectivity index (χ2v) is 14.9. The Morgan fingerprint density at radius 3 is 1.88 bits per heavy atom. The second kappa shape index (κ2) is 9.95. The number of aromatic hydroxyl groups is 2. The standard InChI is InChI=1S/C21H32O3Si2/c1-25(16-8-12-18-10-4-6-14-20(18)22)24-26(2,3)17-9-13-19-11-5-7-15-21(19)23/h4-7,10-11,14-15,22-23,25H,8-9,12-13,16-17H2,1-3H3. The molecule has 0 heterocycles. The summed E-state index contributed by atoms with van der Waals surface area (Å²) in [5, 5.41) is 19.7. The minimum absolute atomic E-state index is 0.403. The van der Waals surface area contributed by atoms with Gasteiger partial charge in [-0.25, -0.2) is 0 Å². The molecule has 1 atom stereocenters. The first-order valence-electron chi connectivity index (χ1n) is 9.59. The van der Waals surface area contributed by atoms with Gasteiger partial charge in [0.25, 0.3) is 0 Å². The number of hydrogen-bond donors (Lipinski definition) is 2. The molecule has 2 N–H and O–H groups in total. The topological polar surface area (TPSA) is 49.7 Å². The highest BCUT2D eigenvalue weighted by Gasteiger charge is 2.24. The van der Waals surface area contributed by atoms with Crippen molar-refractivity contribution in [1.29, 1.82) is 0 Å². The Kier molecular flexibility index (Phi) is 7.94. The van der Waals surface area contributed by atoms with E-state index in [1.807, 2.05) is 36.4 Å². The molecule has 142 valence electrons. The van der Waals surface area contributed by atoms with Crippen LogP contribution in [0.5, 0.6) is 11.5 Å². The Balaban J connectivity index is 1.70. The highest BCUT2D eigenvalue weighted by molar-refractivity contribution is 6.78. The molecule has 26 heavy (non-hydrogen) atoms. The summed E-state index contributed by atoms with van der Waals surface area (Å²) >= 11 is 0. The van der Waals surface area contributed by atoms with Crippen LogP contribution in [0.1, 0.15) is 24.0 Å². The molecule has 0 aromatic heterocycles. The zero-order valence-electron chi connectivity index (χ0n) is 16.2. The number of para-hydroxylation sites is 2. The minimum Gasteiger partial charge on any atom is -0.508 e. The smallest absolute Gasteiger partial charge is 0.173 e. The van der Waals surface area contributed by atoms with E-state index in [4.69, 9.17) is 4.12 Å². The fraction of sp³-hybridized carbons (Fsp3) is 0.429. The van der Waals surface area contributed by atoms with Crippen LogP contribution in [-0.4, -0.2) is 27.6 Å². The first kappa shape index (κ1) is 20.7. The van der Waals surface area contributed by atoms with Gasteiger partial charge < -0.3 is 14.3 Å². The molecule has 0 aliphatic carbocycles. The van der Waals surface area contributed by atoms with Crippen molar-refractivity contribution in [2.45, 2.75) is 57.4 Å². The first-order valence-corrected chi connectivity index (χ1v) is 15.1. The maximum absolute atomic E-state index is 9.87. The molecule has 0 aliphatic heterocycles. The predicted molar refractivity (Wildman–Crippen MR) is 114 cm³/mol. The van der Waals surface area contributed by atoms with Gasteiger partial charge in [0.15, 0.2) is 17.4 Å². The van der Waals surface area contributed by atoms with Gasteiger partial charge in [0.05, 0.1) is 0 Å². The van der Waals surface area contributed by atoms with Crippen molar-refractivity contribution in [3.8, 4) is 11.5 Å². The van der Waals surface area contributed by atoms with Crippen LogP contribution < -0.4 is 0 Å². The van der Waals surface area contributed by atoms with Gasteiger partial charge in [-0.3, -0.25) is 0 Å². The van der Waals surface area contributed by atoms with E-state index >= 15 is 0 Å². The molecule has 0 fully saturated rings. The zero-order chi connectivity index (χ0) is 19.0. The molecular formula is C21H32O3Si2. The Labute approximate surface area is 160 Å². The van der Waals surface area contributed by atoms with Crippen LogP contribution in [-0.2, 0) is 17.0 Å². The Morgan fingerprint density at radius 1 is 0.846 bits per heavy atom. The molecule has 0 aliphatic rings. The van der Waals surface area contributed by atoms with E-state index in [9.17, 15) is 10.2 Å². The SMILES string of the molecule is C[SiH](CCCc1ccccc1O)O[Si](C)(C)CCCc1ccccc1O. The zero-order valence-corrected chi connectivity index (χ0v) is 18.4. The van der Waals surface area contributed by atoms with Crippen LogP contribution in [0.15, 0.2) is 48.5 Å². The van der Waals surface area contributed by atoms with Crippen molar-refractivity contribution in [1.82, 2.24) is 0 Å². The maximum atomic E-state index is 9.87. The van der Waals surface area contributed by atoms with E-state index in [-0.39, 0.29) is 0 Å². The monoisotopic (exact) mass is 388 g/mol. The van der Waals surface area contributed by atoms with Crippen molar-refractivity contribution in [3.63, 3.8) is 0 Å². The van der Waals surface area contributed by atoms with Crippen molar-refractivity contribution in [3.05, 3.63) is 59.7 Å². The van der Waals surface area contributed by atoms with Crippen molar-refractivity contribution < 1.29 is 14.3 Å². The van der Waals surface area contributed by atoms with Gasteiger partial charge in [0.1, 0.15) is 11.5 Å². The van der Waals surface area contributed by atoms with Crippen LogP contribution in [0.25, 0.3) is 0 Å². The Bertz CT molecular complexity index is 688. The quantitative estimate of drug-likeness (QED) is 0.547. The van der Waals surface area contributed by atoms with Gasteiger partial charge in [-0.15, -0.1) is 0 Å². The lowest BCUT2D eigenvalue weighted by Crippen LogP contribution is -2.36. The van der Waals surface area contributed by atoms with Crippen LogP contribution in [0.3, 0.4) is 0 Å². The van der Waals surface area contributed by atoms with Gasteiger partial charge in [-0.2, -0.15) is 0 Å². The molecule has 2 rings (SSSR count). The fourth-order valence-corrected chi connectivity index (χ4v) is 10.5. The van der Waals surface area contributed by atoms with E-state index in [1.54, 1.807) is 12.1 Å². The molecule has 2 aromatic carbocycles. The summed E-state index contributed by atoms with van der Waals surface area (Å²) in [5.74, 6) is 0.807. The van der Waals surface area contributed by atoms with E-state index in [2.05, 4.69) is 19.6 Å². The number of benzene rings is 2. The third kappa shape index (κ3) is 6.98. The molecular weight excluding hydrogens is 356 g/mol. The summed E-state index contributed by atoms with van der Waals surface area (Å²) in [6, 6.07) is 17.5. The maximum Gasteiger partial charge on any atom is 0.173 e. The molecule has 0 radical (unpaired) electrons. The largest absolute Gasteiger partial charge is 0.508 e. The predicted octanol–water partition coefficient (Wildman–Crippen LogP) is 5.24. The van der Waals surface area contributed by atoms with E-state index in [1.165, 1.54) is 0 Å². The number of hydrogen-bond acceptors (Lipinski definition) is 3.